The molecule has 0 aromatic heterocycles. The molecule has 4 aliphatic rings. The minimum Gasteiger partial charge on any atom is -0.466 e. The van der Waals surface area contributed by atoms with Gasteiger partial charge in [-0.15, -0.1) is 0 Å². The number of rotatable bonds is 9. The van der Waals surface area contributed by atoms with E-state index < -0.39 is 114 Å². The van der Waals surface area contributed by atoms with Crippen molar-refractivity contribution in [3.8, 4) is 0 Å². The summed E-state index contributed by atoms with van der Waals surface area (Å²) in [5, 5.41) is 47.5. The Balaban J connectivity index is 1.89. The van der Waals surface area contributed by atoms with E-state index >= 15 is 0 Å². The van der Waals surface area contributed by atoms with Crippen molar-refractivity contribution in [1.82, 2.24) is 0 Å². The summed E-state index contributed by atoms with van der Waals surface area (Å²) in [7, 11) is 2.40. The molecular weight excluding hydrogens is 836 g/mol. The molecule has 17 nitrogen and oxygen atoms in total. The maximum atomic E-state index is 13.4. The first-order chi connectivity index (χ1) is 29.9. The lowest BCUT2D eigenvalue weighted by molar-refractivity contribution is -0.348. The molecular formula is C47H68O17. The summed E-state index contributed by atoms with van der Waals surface area (Å²) in [4.78, 5) is 64.7. The van der Waals surface area contributed by atoms with Gasteiger partial charge in [0.25, 0.3) is 0 Å². The van der Waals surface area contributed by atoms with Crippen LogP contribution in [0.1, 0.15) is 113 Å². The van der Waals surface area contributed by atoms with Crippen molar-refractivity contribution in [2.24, 2.45) is 10.8 Å². The van der Waals surface area contributed by atoms with Gasteiger partial charge in [-0.3, -0.25) is 9.59 Å². The molecule has 0 aliphatic carbocycles. The van der Waals surface area contributed by atoms with E-state index in [9.17, 15) is 44.4 Å². The highest BCUT2D eigenvalue weighted by Crippen LogP contribution is 2.50. The molecule has 0 aromatic rings. The summed E-state index contributed by atoms with van der Waals surface area (Å²) in [6.45, 7) is 11.2. The van der Waals surface area contributed by atoms with Gasteiger partial charge < -0.3 is 58.3 Å². The summed E-state index contributed by atoms with van der Waals surface area (Å²) in [6.07, 6.45) is 2.55. The molecule has 0 amide bonds. The number of aliphatic hydroxyl groups excluding tert-OH is 2. The number of fused-ring (bicyclic) bond motifs is 6. The summed E-state index contributed by atoms with van der Waals surface area (Å²) < 4.78 is 46.7. The van der Waals surface area contributed by atoms with Gasteiger partial charge in [-0.1, -0.05) is 77.0 Å². The van der Waals surface area contributed by atoms with Crippen LogP contribution in [-0.2, 0) is 61.9 Å². The highest BCUT2D eigenvalue weighted by atomic mass is 16.7. The Morgan fingerprint density at radius 3 is 2.20 bits per heavy atom. The van der Waals surface area contributed by atoms with E-state index in [4.69, 9.17) is 37.9 Å². The average molecular weight is 905 g/mol. The molecule has 17 heteroatoms. The number of hydrogen-bond donors (Lipinski definition) is 4. The number of ether oxygens (including phenoxy) is 8. The lowest BCUT2D eigenvalue weighted by atomic mass is 9.70. The summed E-state index contributed by atoms with van der Waals surface area (Å²) >= 11 is 0. The number of aliphatic hydroxyl groups is 4. The van der Waals surface area contributed by atoms with Crippen molar-refractivity contribution in [2.75, 3.05) is 14.2 Å². The van der Waals surface area contributed by atoms with E-state index in [0.29, 0.717) is 5.57 Å². The maximum Gasteiger partial charge on any atom is 0.331 e. The second-order valence-electron chi connectivity index (χ2n) is 18.3. The van der Waals surface area contributed by atoms with Crippen molar-refractivity contribution < 1.29 is 82.3 Å². The maximum absolute atomic E-state index is 13.4. The van der Waals surface area contributed by atoms with Crippen LogP contribution < -0.4 is 0 Å². The van der Waals surface area contributed by atoms with Crippen molar-refractivity contribution in [2.45, 2.75) is 179 Å². The smallest absolute Gasteiger partial charge is 0.331 e. The Morgan fingerprint density at radius 1 is 0.875 bits per heavy atom. The van der Waals surface area contributed by atoms with Gasteiger partial charge in [0.1, 0.15) is 12.2 Å². The Bertz CT molecular complexity index is 1830. The van der Waals surface area contributed by atoms with Crippen molar-refractivity contribution >= 4 is 29.8 Å². The van der Waals surface area contributed by atoms with Gasteiger partial charge in [-0.05, 0) is 38.2 Å². The molecule has 4 heterocycles. The van der Waals surface area contributed by atoms with Gasteiger partial charge in [-0.25, -0.2) is 14.4 Å². The third kappa shape index (κ3) is 13.4. The normalized spacial score (nSPS) is 35.3. The van der Waals surface area contributed by atoms with Crippen LogP contribution in [0.4, 0.5) is 0 Å². The number of carbonyl (C=O) groups is 5. The van der Waals surface area contributed by atoms with Gasteiger partial charge in [0.15, 0.2) is 11.9 Å². The lowest BCUT2D eigenvalue weighted by Crippen LogP contribution is -2.62. The van der Waals surface area contributed by atoms with E-state index in [2.05, 4.69) is 0 Å². The van der Waals surface area contributed by atoms with Crippen LogP contribution in [0.2, 0.25) is 0 Å². The van der Waals surface area contributed by atoms with Crippen LogP contribution in [0.5, 0.6) is 0 Å². The standard InChI is InChI=1S/C47H68O17/c1-10-11-12-13-14-15-39(51)62-43-31(22-41(53)58-9)21-34-25-37(28(2)48)61-42(54)24-32(50)23-35-26-38(59-29(3)49)45(6,7)46(55,63-35)27-36-19-30(20-40(52)57-8)18-33(60-36)16-17-44(4,5)47(43,56)64-34/h12-17,20,22,28,32-38,43,48,50,55-56H,10-11,18-19,21,23-27H2,1-9H3/t28-,32-,33?,34+,35-,36+,37-,38+,43?,46+,47-/m1/s1. The molecule has 11 atom stereocenters. The van der Waals surface area contributed by atoms with E-state index in [1.165, 1.54) is 33.1 Å². The number of carbonyl (C=O) groups excluding carboxylic acids is 5. The monoisotopic (exact) mass is 904 g/mol. The van der Waals surface area contributed by atoms with Crippen LogP contribution in [0.3, 0.4) is 0 Å². The fraction of sp³-hybridized carbons (Fsp3) is 0.681. The minimum atomic E-state index is -2.47. The van der Waals surface area contributed by atoms with Crippen molar-refractivity contribution in [3.05, 3.63) is 59.8 Å². The molecule has 3 saturated heterocycles. The highest BCUT2D eigenvalue weighted by Gasteiger charge is 2.59. The van der Waals surface area contributed by atoms with E-state index in [-0.39, 0.29) is 50.5 Å². The van der Waals surface area contributed by atoms with Crippen LogP contribution in [0, 0.1) is 10.8 Å². The number of esters is 5. The molecule has 358 valence electrons. The third-order valence-corrected chi connectivity index (χ3v) is 12.4. The Morgan fingerprint density at radius 2 is 1.56 bits per heavy atom. The molecule has 4 aliphatic heterocycles. The highest BCUT2D eigenvalue weighted by molar-refractivity contribution is 5.85. The number of unbranched alkanes of at least 4 members (excludes halogenated alkanes) is 1. The largest absolute Gasteiger partial charge is 0.466 e. The van der Waals surface area contributed by atoms with Crippen LogP contribution in [0.25, 0.3) is 0 Å². The van der Waals surface area contributed by atoms with Gasteiger partial charge in [-0.2, -0.15) is 0 Å². The lowest BCUT2D eigenvalue weighted by Gasteiger charge is -2.53. The van der Waals surface area contributed by atoms with Gasteiger partial charge in [0.05, 0.1) is 62.7 Å². The van der Waals surface area contributed by atoms with E-state index in [1.54, 1.807) is 45.9 Å². The number of hydrogen-bond acceptors (Lipinski definition) is 17. The summed E-state index contributed by atoms with van der Waals surface area (Å²) in [5.74, 6) is -8.31. The predicted molar refractivity (Wildman–Crippen MR) is 228 cm³/mol. The molecule has 4 N–H and O–H groups in total. The van der Waals surface area contributed by atoms with E-state index in [0.717, 1.165) is 32.1 Å². The minimum absolute atomic E-state index is 0.0721. The molecule has 64 heavy (non-hydrogen) atoms. The van der Waals surface area contributed by atoms with Crippen LogP contribution >= 0.6 is 0 Å². The summed E-state index contributed by atoms with van der Waals surface area (Å²) in [6, 6.07) is 0. The Hall–Kier alpha value is -4.23. The van der Waals surface area contributed by atoms with Crippen LogP contribution in [-0.4, -0.2) is 131 Å². The molecule has 2 unspecified atom stereocenters. The Labute approximate surface area is 375 Å². The molecule has 0 radical (unpaired) electrons. The summed E-state index contributed by atoms with van der Waals surface area (Å²) in [5.41, 5.74) is -2.06. The molecule has 0 aromatic carbocycles. The number of cyclic esters (lactones) is 1. The molecule has 6 bridgehead atoms. The average Bonchev–Trinajstić information content (AvgIpc) is 3.19. The SMILES string of the molecule is CCCC=CC=CC(=O)OC1C(=CC(=O)OC)C[C@H]2C[C@H]([C@@H](C)O)OC(=O)C[C@H](O)C[C@@H]3C[C@H](OC(C)=O)C(C)(C)[C@](O)(C[C@@H]4CC(=CC(=O)OC)CC(C=CC(C)(C)[C@]1(O)O2)O4)O3. The van der Waals surface area contributed by atoms with E-state index in [1.807, 2.05) is 13.0 Å². The van der Waals surface area contributed by atoms with Crippen molar-refractivity contribution in [1.29, 1.82) is 0 Å². The molecule has 0 saturated carbocycles. The van der Waals surface area contributed by atoms with Gasteiger partial charge >= 0.3 is 29.8 Å². The predicted octanol–water partition coefficient (Wildman–Crippen LogP) is 4.28. The second kappa shape index (κ2) is 22.3. The third-order valence-electron chi connectivity index (χ3n) is 12.4. The fourth-order valence-electron chi connectivity index (χ4n) is 8.57. The number of allylic oxidation sites excluding steroid dienone is 3. The first-order valence-corrected chi connectivity index (χ1v) is 21.9. The molecule has 4 rings (SSSR count). The van der Waals surface area contributed by atoms with Crippen LogP contribution in [0.15, 0.2) is 59.8 Å². The first kappa shape index (κ1) is 52.4. The quantitative estimate of drug-likeness (QED) is 0.0830. The van der Waals surface area contributed by atoms with Crippen molar-refractivity contribution in [3.63, 3.8) is 0 Å². The van der Waals surface area contributed by atoms with Gasteiger partial charge in [0, 0.05) is 56.3 Å². The molecule has 3 fully saturated rings. The topological polar surface area (TPSA) is 240 Å². The first-order valence-electron chi connectivity index (χ1n) is 21.9. The number of methoxy groups -OCH3 is 2. The second-order valence-corrected chi connectivity index (χ2v) is 18.3. The zero-order chi connectivity index (χ0) is 47.6. The fourth-order valence-corrected chi connectivity index (χ4v) is 8.57. The zero-order valence-electron chi connectivity index (χ0n) is 38.5. The molecule has 0 spiro atoms. The zero-order valence-corrected chi connectivity index (χ0v) is 38.5. The Kier molecular flexibility index (Phi) is 18.3. The van der Waals surface area contributed by atoms with Gasteiger partial charge in [0.2, 0.25) is 5.79 Å².